The van der Waals surface area contributed by atoms with Crippen LogP contribution in [0.15, 0.2) is 60.9 Å². The van der Waals surface area contributed by atoms with Crippen LogP contribution in [0.25, 0.3) is 22.2 Å². The Kier molecular flexibility index (Phi) is 7.60. The summed E-state index contributed by atoms with van der Waals surface area (Å²) in [5, 5.41) is 12.6. The number of halogens is 1. The molecule has 2 amide bonds. The molecular formula is C29H31ClN6O2. The number of anilines is 1. The van der Waals surface area contributed by atoms with Crippen molar-refractivity contribution in [1.29, 1.82) is 0 Å². The Labute approximate surface area is 226 Å². The number of aromatic nitrogens is 3. The highest BCUT2D eigenvalue weighted by molar-refractivity contribution is 6.30. The first kappa shape index (κ1) is 25.7. The van der Waals surface area contributed by atoms with E-state index in [1.54, 1.807) is 12.4 Å². The van der Waals surface area contributed by atoms with Crippen LogP contribution < -0.4 is 16.4 Å². The zero-order valence-electron chi connectivity index (χ0n) is 21.3. The SMILES string of the molecule is CCn1ncc2c(NC3CCC(C(N)=O)CC3)c(C(=O)NCc3ccc(-c4ccc(Cl)cc4)cc3)cnc21. The maximum atomic E-state index is 13.4. The first-order valence-electron chi connectivity index (χ1n) is 13.0. The maximum Gasteiger partial charge on any atom is 0.255 e. The van der Waals surface area contributed by atoms with Crippen molar-refractivity contribution in [2.24, 2.45) is 11.7 Å². The highest BCUT2D eigenvalue weighted by atomic mass is 35.5. The first-order valence-corrected chi connectivity index (χ1v) is 13.3. The number of primary amides is 1. The van der Waals surface area contributed by atoms with Gasteiger partial charge in [-0.1, -0.05) is 48.0 Å². The molecule has 196 valence electrons. The summed E-state index contributed by atoms with van der Waals surface area (Å²) in [6, 6.07) is 15.9. The molecule has 0 radical (unpaired) electrons. The lowest BCUT2D eigenvalue weighted by molar-refractivity contribution is -0.122. The fourth-order valence-electron chi connectivity index (χ4n) is 5.05. The Balaban J connectivity index is 1.32. The van der Waals surface area contributed by atoms with Gasteiger partial charge in [-0.3, -0.25) is 9.59 Å². The molecule has 0 unspecified atom stereocenters. The Morgan fingerprint density at radius 1 is 1.00 bits per heavy atom. The number of carbonyl (C=O) groups excluding carboxylic acids is 2. The zero-order valence-corrected chi connectivity index (χ0v) is 22.0. The predicted octanol–water partition coefficient (Wildman–Crippen LogP) is 5.16. The largest absolute Gasteiger partial charge is 0.381 e. The molecule has 38 heavy (non-hydrogen) atoms. The summed E-state index contributed by atoms with van der Waals surface area (Å²) in [4.78, 5) is 29.5. The second-order valence-corrected chi connectivity index (χ2v) is 10.2. The quantitative estimate of drug-likeness (QED) is 0.291. The summed E-state index contributed by atoms with van der Waals surface area (Å²) < 4.78 is 1.81. The Bertz CT molecular complexity index is 1440. The molecule has 9 heteroatoms. The number of nitrogens with zero attached hydrogens (tertiary/aromatic N) is 3. The maximum absolute atomic E-state index is 13.4. The lowest BCUT2D eigenvalue weighted by Crippen LogP contribution is -2.33. The van der Waals surface area contributed by atoms with E-state index in [-0.39, 0.29) is 23.8 Å². The highest BCUT2D eigenvalue weighted by Gasteiger charge is 2.27. The number of nitrogens with one attached hydrogen (secondary N) is 2. The normalized spacial score (nSPS) is 17.3. The third-order valence-corrected chi connectivity index (χ3v) is 7.52. The number of fused-ring (bicyclic) bond motifs is 1. The predicted molar refractivity (Wildman–Crippen MR) is 150 cm³/mol. The molecule has 1 saturated carbocycles. The van der Waals surface area contributed by atoms with Crippen LogP contribution >= 0.6 is 11.6 Å². The summed E-state index contributed by atoms with van der Waals surface area (Å²) in [5.41, 5.74) is 10.6. The molecule has 0 aliphatic heterocycles. The van der Waals surface area contributed by atoms with Crippen LogP contribution in [0.1, 0.15) is 48.5 Å². The summed E-state index contributed by atoms with van der Waals surface area (Å²) in [6.07, 6.45) is 6.47. The van der Waals surface area contributed by atoms with Gasteiger partial charge in [0.05, 0.1) is 22.8 Å². The number of pyridine rings is 1. The summed E-state index contributed by atoms with van der Waals surface area (Å²) in [6.45, 7) is 3.07. The van der Waals surface area contributed by atoms with Gasteiger partial charge in [0.15, 0.2) is 5.65 Å². The van der Waals surface area contributed by atoms with Gasteiger partial charge < -0.3 is 16.4 Å². The average molecular weight is 531 g/mol. The van der Waals surface area contributed by atoms with Gasteiger partial charge in [-0.25, -0.2) is 9.67 Å². The second-order valence-electron chi connectivity index (χ2n) is 9.73. The number of aryl methyl sites for hydroxylation is 1. The number of amides is 2. The van der Waals surface area contributed by atoms with Crippen molar-refractivity contribution in [3.8, 4) is 11.1 Å². The highest BCUT2D eigenvalue weighted by Crippen LogP contribution is 2.31. The number of nitrogens with two attached hydrogens (primary N) is 1. The van der Waals surface area contributed by atoms with Crippen LogP contribution in [-0.2, 0) is 17.9 Å². The standard InChI is InChI=1S/C29H31ClN6O2/c1-2-36-28-24(17-34-36)26(35-23-13-9-21(10-14-23)27(31)37)25(16-32-28)29(38)33-15-18-3-5-19(6-4-18)20-7-11-22(30)12-8-20/h3-8,11-12,16-17,21,23H,2,9-10,13-15H2,1H3,(H2,31,37)(H,32,35)(H,33,38). The van der Waals surface area contributed by atoms with Gasteiger partial charge in [-0.15, -0.1) is 0 Å². The molecule has 5 rings (SSSR count). The van der Waals surface area contributed by atoms with Crippen molar-refractivity contribution in [3.05, 3.63) is 77.1 Å². The molecule has 4 N–H and O–H groups in total. The molecule has 2 heterocycles. The van der Waals surface area contributed by atoms with Gasteiger partial charge in [0.2, 0.25) is 5.91 Å². The van der Waals surface area contributed by atoms with E-state index in [2.05, 4.69) is 20.7 Å². The lowest BCUT2D eigenvalue weighted by Gasteiger charge is -2.29. The van der Waals surface area contributed by atoms with E-state index in [0.717, 1.165) is 59.1 Å². The minimum Gasteiger partial charge on any atom is -0.381 e. The monoisotopic (exact) mass is 530 g/mol. The van der Waals surface area contributed by atoms with E-state index in [4.69, 9.17) is 17.3 Å². The molecule has 2 aromatic heterocycles. The molecule has 0 bridgehead atoms. The number of rotatable bonds is 8. The summed E-state index contributed by atoms with van der Waals surface area (Å²) in [5.74, 6) is -0.527. The smallest absolute Gasteiger partial charge is 0.255 e. The number of benzene rings is 2. The van der Waals surface area contributed by atoms with E-state index in [1.807, 2.05) is 60.1 Å². The molecule has 1 aliphatic rings. The molecule has 0 spiro atoms. The number of hydrogen-bond acceptors (Lipinski definition) is 5. The molecule has 0 atom stereocenters. The van der Waals surface area contributed by atoms with Crippen molar-refractivity contribution in [1.82, 2.24) is 20.1 Å². The van der Waals surface area contributed by atoms with Crippen molar-refractivity contribution >= 4 is 40.1 Å². The average Bonchev–Trinajstić information content (AvgIpc) is 3.37. The Morgan fingerprint density at radius 3 is 2.29 bits per heavy atom. The van der Waals surface area contributed by atoms with Gasteiger partial charge in [0.25, 0.3) is 5.91 Å². The van der Waals surface area contributed by atoms with Crippen molar-refractivity contribution in [2.45, 2.75) is 51.7 Å². The van der Waals surface area contributed by atoms with E-state index in [0.29, 0.717) is 23.7 Å². The van der Waals surface area contributed by atoms with E-state index >= 15 is 0 Å². The number of carbonyl (C=O) groups is 2. The molecule has 8 nitrogen and oxygen atoms in total. The van der Waals surface area contributed by atoms with Crippen LogP contribution in [0.3, 0.4) is 0 Å². The molecule has 1 fully saturated rings. The van der Waals surface area contributed by atoms with Crippen molar-refractivity contribution < 1.29 is 9.59 Å². The third-order valence-electron chi connectivity index (χ3n) is 7.27. The van der Waals surface area contributed by atoms with Gasteiger partial charge in [-0.05, 0) is 61.4 Å². The van der Waals surface area contributed by atoms with Crippen LogP contribution in [0.4, 0.5) is 5.69 Å². The summed E-state index contributed by atoms with van der Waals surface area (Å²) in [7, 11) is 0. The molecular weight excluding hydrogens is 500 g/mol. The van der Waals surface area contributed by atoms with Crippen molar-refractivity contribution in [2.75, 3.05) is 5.32 Å². The topological polar surface area (TPSA) is 115 Å². The Hall–Kier alpha value is -3.91. The van der Waals surface area contributed by atoms with Crippen LogP contribution in [0.5, 0.6) is 0 Å². The van der Waals surface area contributed by atoms with Crippen LogP contribution in [0.2, 0.25) is 5.02 Å². The van der Waals surface area contributed by atoms with Crippen LogP contribution in [0, 0.1) is 5.92 Å². The zero-order chi connectivity index (χ0) is 26.6. The fourth-order valence-corrected chi connectivity index (χ4v) is 5.17. The van der Waals surface area contributed by atoms with E-state index in [9.17, 15) is 9.59 Å². The van der Waals surface area contributed by atoms with E-state index < -0.39 is 0 Å². The first-order chi connectivity index (χ1) is 18.4. The third kappa shape index (κ3) is 5.50. The Morgan fingerprint density at radius 2 is 1.66 bits per heavy atom. The minimum atomic E-state index is -0.236. The number of hydrogen-bond donors (Lipinski definition) is 3. The molecule has 0 saturated heterocycles. The van der Waals surface area contributed by atoms with Crippen LogP contribution in [-0.4, -0.2) is 32.6 Å². The molecule has 1 aliphatic carbocycles. The minimum absolute atomic E-state index is 0.0813. The van der Waals surface area contributed by atoms with Gasteiger partial charge in [-0.2, -0.15) is 5.10 Å². The fraction of sp³-hybridized carbons (Fsp3) is 0.310. The molecule has 4 aromatic rings. The summed E-state index contributed by atoms with van der Waals surface area (Å²) >= 11 is 6.00. The van der Waals surface area contributed by atoms with Crippen molar-refractivity contribution in [3.63, 3.8) is 0 Å². The van der Waals surface area contributed by atoms with Gasteiger partial charge >= 0.3 is 0 Å². The second kappa shape index (κ2) is 11.2. The lowest BCUT2D eigenvalue weighted by atomic mass is 9.85. The molecule has 2 aromatic carbocycles. The van der Waals surface area contributed by atoms with E-state index in [1.165, 1.54) is 0 Å². The van der Waals surface area contributed by atoms with Gasteiger partial charge in [0.1, 0.15) is 0 Å². The van der Waals surface area contributed by atoms with Gasteiger partial charge in [0, 0.05) is 36.3 Å².